The first kappa shape index (κ1) is 23.5. The van der Waals surface area contributed by atoms with Gasteiger partial charge in [-0.05, 0) is 65.9 Å². The highest BCUT2D eigenvalue weighted by Gasteiger charge is 2.32. The quantitative estimate of drug-likeness (QED) is 0.508. The lowest BCUT2D eigenvalue weighted by Crippen LogP contribution is -2.40. The molecule has 2 amide bonds. The Bertz CT molecular complexity index is 1170. The number of halogens is 1. The van der Waals surface area contributed by atoms with Crippen molar-refractivity contribution in [2.45, 2.75) is 45.8 Å². The molecular formula is C27H29FN2O4. The van der Waals surface area contributed by atoms with Crippen LogP contribution in [0.15, 0.2) is 59.0 Å². The molecule has 6 nitrogen and oxygen atoms in total. The van der Waals surface area contributed by atoms with Gasteiger partial charge in [0.15, 0.2) is 5.76 Å². The van der Waals surface area contributed by atoms with E-state index in [4.69, 9.17) is 9.15 Å². The molecule has 1 N–H and O–H groups in total. The second kappa shape index (κ2) is 10.5. The summed E-state index contributed by atoms with van der Waals surface area (Å²) in [4.78, 5) is 26.6. The van der Waals surface area contributed by atoms with E-state index in [0.29, 0.717) is 31.0 Å². The minimum absolute atomic E-state index is 0.0238. The third kappa shape index (κ3) is 5.14. The summed E-state index contributed by atoms with van der Waals surface area (Å²) in [5.74, 6) is 0.828. The molecule has 0 fully saturated rings. The van der Waals surface area contributed by atoms with Gasteiger partial charge in [0.2, 0.25) is 5.91 Å². The first-order chi connectivity index (χ1) is 16.5. The normalized spacial score (nSPS) is 15.0. The monoisotopic (exact) mass is 464 g/mol. The van der Waals surface area contributed by atoms with Gasteiger partial charge in [0.25, 0.3) is 5.91 Å². The fourth-order valence-electron chi connectivity index (χ4n) is 4.25. The van der Waals surface area contributed by atoms with Crippen LogP contribution in [-0.4, -0.2) is 29.8 Å². The number of benzene rings is 2. The molecule has 0 radical (unpaired) electrons. The Hall–Kier alpha value is -3.61. The summed E-state index contributed by atoms with van der Waals surface area (Å²) in [6, 6.07) is 15.2. The van der Waals surface area contributed by atoms with Crippen molar-refractivity contribution < 1.29 is 23.1 Å². The van der Waals surface area contributed by atoms with Gasteiger partial charge < -0.3 is 19.4 Å². The summed E-state index contributed by atoms with van der Waals surface area (Å²) in [7, 11) is 0. The lowest BCUT2D eigenvalue weighted by molar-refractivity contribution is -0.132. The smallest absolute Gasteiger partial charge is 0.286 e. The largest absolute Gasteiger partial charge is 0.486 e. The maximum absolute atomic E-state index is 14.1. The Morgan fingerprint density at radius 3 is 2.76 bits per heavy atom. The van der Waals surface area contributed by atoms with Crippen LogP contribution in [0, 0.1) is 5.82 Å². The lowest BCUT2D eigenvalue weighted by atomic mass is 9.87. The van der Waals surface area contributed by atoms with Crippen molar-refractivity contribution in [2.75, 3.05) is 13.1 Å². The van der Waals surface area contributed by atoms with Crippen LogP contribution in [0.2, 0.25) is 0 Å². The topological polar surface area (TPSA) is 71.8 Å². The molecule has 178 valence electrons. The Balaban J connectivity index is 1.56. The number of carbonyl (C=O) groups is 2. The van der Waals surface area contributed by atoms with E-state index in [-0.39, 0.29) is 36.0 Å². The molecule has 1 aliphatic heterocycles. The van der Waals surface area contributed by atoms with Crippen molar-refractivity contribution >= 4 is 11.8 Å². The number of nitrogens with zero attached hydrogens (tertiary/aromatic N) is 1. The van der Waals surface area contributed by atoms with E-state index in [2.05, 4.69) is 5.32 Å². The average Bonchev–Trinajstić information content (AvgIpc) is 3.34. The molecule has 0 bridgehead atoms. The molecule has 0 spiro atoms. The highest BCUT2D eigenvalue weighted by Crippen LogP contribution is 2.37. The Labute approximate surface area is 198 Å². The van der Waals surface area contributed by atoms with Gasteiger partial charge in [0.1, 0.15) is 23.9 Å². The van der Waals surface area contributed by atoms with E-state index < -0.39 is 0 Å². The number of amides is 2. The Morgan fingerprint density at radius 2 is 2.00 bits per heavy atom. The number of rotatable bonds is 8. The van der Waals surface area contributed by atoms with Gasteiger partial charge in [0.05, 0.1) is 6.04 Å². The number of nitrogens with one attached hydrogen (secondary N) is 1. The van der Waals surface area contributed by atoms with E-state index in [1.54, 1.807) is 18.2 Å². The lowest BCUT2D eigenvalue weighted by Gasteiger charge is -2.38. The summed E-state index contributed by atoms with van der Waals surface area (Å²) in [5.41, 5.74) is 2.76. The van der Waals surface area contributed by atoms with Crippen LogP contribution in [0.4, 0.5) is 4.39 Å². The predicted octanol–water partition coefficient (Wildman–Crippen LogP) is 5.02. The summed E-state index contributed by atoms with van der Waals surface area (Å²) >= 11 is 0. The summed E-state index contributed by atoms with van der Waals surface area (Å²) < 4.78 is 25.6. The zero-order valence-electron chi connectivity index (χ0n) is 19.5. The Kier molecular flexibility index (Phi) is 7.30. The Morgan fingerprint density at radius 1 is 1.15 bits per heavy atom. The SMILES string of the molecule is CCCNC(=O)c1ccc(COc2ccc3c(c2)C(c2cccc(F)c2)N(C(=O)CC)CC3)o1. The number of hydrogen-bond acceptors (Lipinski definition) is 4. The van der Waals surface area contributed by atoms with Gasteiger partial charge >= 0.3 is 0 Å². The number of ether oxygens (including phenoxy) is 1. The number of fused-ring (bicyclic) bond motifs is 1. The van der Waals surface area contributed by atoms with E-state index in [0.717, 1.165) is 29.5 Å². The molecule has 2 aromatic carbocycles. The molecule has 4 rings (SSSR count). The van der Waals surface area contributed by atoms with Gasteiger partial charge in [-0.1, -0.05) is 32.0 Å². The maximum Gasteiger partial charge on any atom is 0.286 e. The standard InChI is InChI=1S/C27H29FN2O4/c1-3-13-29-27(32)24-11-10-22(34-24)17-33-21-9-8-18-12-14-30(25(31)4-2)26(23(18)16-21)19-6-5-7-20(28)15-19/h5-11,15-16,26H,3-4,12-14,17H2,1-2H3,(H,29,32). The predicted molar refractivity (Wildman–Crippen MR) is 126 cm³/mol. The molecule has 3 aromatic rings. The highest BCUT2D eigenvalue weighted by molar-refractivity contribution is 5.91. The van der Waals surface area contributed by atoms with Gasteiger partial charge in [0, 0.05) is 19.5 Å². The number of carbonyl (C=O) groups excluding carboxylic acids is 2. The molecule has 0 saturated carbocycles. The van der Waals surface area contributed by atoms with Gasteiger partial charge in [-0.25, -0.2) is 4.39 Å². The molecule has 34 heavy (non-hydrogen) atoms. The van der Waals surface area contributed by atoms with Crippen LogP contribution < -0.4 is 10.1 Å². The van der Waals surface area contributed by atoms with Crippen molar-refractivity contribution in [1.29, 1.82) is 0 Å². The van der Waals surface area contributed by atoms with E-state index in [9.17, 15) is 14.0 Å². The first-order valence-corrected chi connectivity index (χ1v) is 11.7. The minimum atomic E-state index is -0.382. The van der Waals surface area contributed by atoms with E-state index in [1.165, 1.54) is 12.1 Å². The summed E-state index contributed by atoms with van der Waals surface area (Å²) in [5, 5.41) is 2.78. The molecule has 1 aliphatic rings. The van der Waals surface area contributed by atoms with Crippen molar-refractivity contribution in [3.05, 3.63) is 88.6 Å². The highest BCUT2D eigenvalue weighted by atomic mass is 19.1. The molecule has 1 aromatic heterocycles. The molecule has 2 heterocycles. The maximum atomic E-state index is 14.1. The van der Waals surface area contributed by atoms with E-state index in [1.807, 2.05) is 43.0 Å². The average molecular weight is 465 g/mol. The van der Waals surface area contributed by atoms with Crippen LogP contribution in [0.3, 0.4) is 0 Å². The molecule has 7 heteroatoms. The van der Waals surface area contributed by atoms with Crippen LogP contribution >= 0.6 is 0 Å². The van der Waals surface area contributed by atoms with Crippen molar-refractivity contribution in [1.82, 2.24) is 10.2 Å². The minimum Gasteiger partial charge on any atom is -0.486 e. The second-order valence-corrected chi connectivity index (χ2v) is 8.32. The number of furan rings is 1. The number of hydrogen-bond donors (Lipinski definition) is 1. The zero-order chi connectivity index (χ0) is 24.1. The van der Waals surface area contributed by atoms with Crippen LogP contribution in [0.5, 0.6) is 5.75 Å². The van der Waals surface area contributed by atoms with Crippen molar-refractivity contribution in [2.24, 2.45) is 0 Å². The zero-order valence-corrected chi connectivity index (χ0v) is 19.5. The van der Waals surface area contributed by atoms with Crippen LogP contribution in [0.25, 0.3) is 0 Å². The van der Waals surface area contributed by atoms with Crippen molar-refractivity contribution in [3.63, 3.8) is 0 Å². The van der Waals surface area contributed by atoms with Gasteiger partial charge in [-0.2, -0.15) is 0 Å². The molecule has 0 saturated heterocycles. The molecular weight excluding hydrogens is 435 g/mol. The molecule has 1 atom stereocenters. The second-order valence-electron chi connectivity index (χ2n) is 8.32. The van der Waals surface area contributed by atoms with Gasteiger partial charge in [-0.3, -0.25) is 9.59 Å². The third-order valence-electron chi connectivity index (χ3n) is 5.93. The van der Waals surface area contributed by atoms with Crippen LogP contribution in [-0.2, 0) is 17.8 Å². The molecule has 1 unspecified atom stereocenters. The first-order valence-electron chi connectivity index (χ1n) is 11.7. The van der Waals surface area contributed by atoms with Crippen LogP contribution in [0.1, 0.15) is 65.7 Å². The van der Waals surface area contributed by atoms with Gasteiger partial charge in [-0.15, -0.1) is 0 Å². The fourth-order valence-corrected chi connectivity index (χ4v) is 4.25. The third-order valence-corrected chi connectivity index (χ3v) is 5.93. The molecule has 0 aliphatic carbocycles. The fraction of sp³-hybridized carbons (Fsp3) is 0.333. The summed E-state index contributed by atoms with van der Waals surface area (Å²) in [6.45, 7) is 5.14. The van der Waals surface area contributed by atoms with Crippen molar-refractivity contribution in [3.8, 4) is 5.75 Å². The summed E-state index contributed by atoms with van der Waals surface area (Å²) in [6.07, 6.45) is 1.95. The van der Waals surface area contributed by atoms with E-state index >= 15 is 0 Å².